The van der Waals surface area contributed by atoms with Gasteiger partial charge in [-0.25, -0.2) is 5.43 Å². The van der Waals surface area contributed by atoms with Gasteiger partial charge in [0.25, 0.3) is 0 Å². The second-order valence-corrected chi connectivity index (χ2v) is 5.53. The summed E-state index contributed by atoms with van der Waals surface area (Å²) in [6.45, 7) is 2.19. The molecule has 0 unspecified atom stereocenters. The normalized spacial score (nSPS) is 11.1. The lowest BCUT2D eigenvalue weighted by atomic mass is 10.1. The molecule has 1 amide bonds. The van der Waals surface area contributed by atoms with E-state index in [0.717, 1.165) is 23.8 Å². The third kappa shape index (κ3) is 4.99. The van der Waals surface area contributed by atoms with E-state index in [-0.39, 0.29) is 5.91 Å². The zero-order chi connectivity index (χ0) is 15.6. The zero-order valence-electron chi connectivity index (χ0n) is 13.2. The van der Waals surface area contributed by atoms with Crippen molar-refractivity contribution in [3.8, 4) is 0 Å². The molecule has 0 atom stereocenters. The van der Waals surface area contributed by atoms with Crippen LogP contribution in [-0.2, 0) is 4.79 Å². The topological polar surface area (TPSA) is 41.5 Å². The molecular weight excluding hydrogens is 272 g/mol. The first-order chi connectivity index (χ1) is 10.8. The van der Waals surface area contributed by atoms with E-state index in [9.17, 15) is 4.79 Å². The number of carbonyl (C=O) groups is 1. The Kier molecular flexibility index (Phi) is 6.62. The second-order valence-electron chi connectivity index (χ2n) is 5.53. The number of amides is 1. The summed E-state index contributed by atoms with van der Waals surface area (Å²) in [6.07, 6.45) is 8.02. The van der Waals surface area contributed by atoms with Crippen molar-refractivity contribution in [2.24, 2.45) is 5.10 Å². The molecule has 22 heavy (non-hydrogen) atoms. The lowest BCUT2D eigenvalue weighted by Crippen LogP contribution is -2.16. The van der Waals surface area contributed by atoms with Crippen LogP contribution >= 0.6 is 0 Å². The van der Waals surface area contributed by atoms with Crippen LogP contribution in [0, 0.1) is 0 Å². The number of nitrogens with zero attached hydrogens (tertiary/aromatic N) is 1. The smallest absolute Gasteiger partial charge is 0.240 e. The summed E-state index contributed by atoms with van der Waals surface area (Å²) >= 11 is 0. The van der Waals surface area contributed by atoms with Gasteiger partial charge in [-0.1, -0.05) is 75.1 Å². The van der Waals surface area contributed by atoms with E-state index in [0.29, 0.717) is 6.42 Å². The minimum atomic E-state index is -0.00650. The number of carbonyl (C=O) groups excluding carboxylic acids is 1. The van der Waals surface area contributed by atoms with Gasteiger partial charge in [0, 0.05) is 12.0 Å². The van der Waals surface area contributed by atoms with Crippen LogP contribution in [0.3, 0.4) is 0 Å². The molecule has 0 heterocycles. The monoisotopic (exact) mass is 296 g/mol. The van der Waals surface area contributed by atoms with Crippen molar-refractivity contribution in [2.45, 2.75) is 45.4 Å². The molecule has 3 heteroatoms. The van der Waals surface area contributed by atoms with Gasteiger partial charge in [0.15, 0.2) is 0 Å². The fourth-order valence-corrected chi connectivity index (χ4v) is 2.48. The first-order valence-corrected chi connectivity index (χ1v) is 8.11. The maximum Gasteiger partial charge on any atom is 0.240 e. The van der Waals surface area contributed by atoms with Crippen molar-refractivity contribution >= 4 is 22.9 Å². The molecule has 116 valence electrons. The van der Waals surface area contributed by atoms with Crippen LogP contribution in [0.4, 0.5) is 0 Å². The molecule has 2 aromatic rings. The van der Waals surface area contributed by atoms with Crippen LogP contribution in [0.15, 0.2) is 47.6 Å². The van der Waals surface area contributed by atoms with Crippen molar-refractivity contribution in [3.05, 3.63) is 48.0 Å². The van der Waals surface area contributed by atoms with Crippen LogP contribution in [0.5, 0.6) is 0 Å². The van der Waals surface area contributed by atoms with Crippen molar-refractivity contribution in [1.29, 1.82) is 0 Å². The third-order valence-electron chi connectivity index (χ3n) is 3.72. The van der Waals surface area contributed by atoms with E-state index < -0.39 is 0 Å². The summed E-state index contributed by atoms with van der Waals surface area (Å²) in [4.78, 5) is 11.7. The van der Waals surface area contributed by atoms with E-state index in [1.54, 1.807) is 6.21 Å². The average Bonchev–Trinajstić information content (AvgIpc) is 2.55. The number of rotatable bonds is 8. The Bertz CT molecular complexity index is 629. The highest BCUT2D eigenvalue weighted by Gasteiger charge is 2.00. The number of unbranched alkanes of at least 4 members (excludes halogenated alkanes) is 4. The number of fused-ring (bicyclic) bond motifs is 1. The number of hydrogen-bond donors (Lipinski definition) is 1. The third-order valence-corrected chi connectivity index (χ3v) is 3.72. The Morgan fingerprint density at radius 3 is 2.68 bits per heavy atom. The van der Waals surface area contributed by atoms with Gasteiger partial charge in [0.05, 0.1) is 6.21 Å². The molecule has 0 aromatic heterocycles. The van der Waals surface area contributed by atoms with Crippen molar-refractivity contribution in [3.63, 3.8) is 0 Å². The highest BCUT2D eigenvalue weighted by molar-refractivity contribution is 5.99. The highest BCUT2D eigenvalue weighted by atomic mass is 16.2. The molecule has 3 nitrogen and oxygen atoms in total. The number of benzene rings is 2. The molecule has 0 saturated carbocycles. The summed E-state index contributed by atoms with van der Waals surface area (Å²) in [5.74, 6) is -0.00650. The first-order valence-electron chi connectivity index (χ1n) is 8.11. The van der Waals surface area contributed by atoms with Gasteiger partial charge in [-0.2, -0.15) is 5.10 Å². The highest BCUT2D eigenvalue weighted by Crippen LogP contribution is 2.16. The Morgan fingerprint density at radius 2 is 1.82 bits per heavy atom. The van der Waals surface area contributed by atoms with E-state index in [1.807, 2.05) is 24.3 Å². The predicted molar refractivity (Wildman–Crippen MR) is 93.1 cm³/mol. The maximum absolute atomic E-state index is 11.7. The molecule has 0 aliphatic heterocycles. The van der Waals surface area contributed by atoms with Gasteiger partial charge in [0.2, 0.25) is 5.91 Å². The Balaban J connectivity index is 1.82. The lowest BCUT2D eigenvalue weighted by Gasteiger charge is -2.02. The molecule has 0 aliphatic rings. The van der Waals surface area contributed by atoms with Crippen LogP contribution < -0.4 is 5.43 Å². The molecule has 0 radical (unpaired) electrons. The van der Waals surface area contributed by atoms with Gasteiger partial charge in [0.1, 0.15) is 0 Å². The van der Waals surface area contributed by atoms with E-state index in [1.165, 1.54) is 24.6 Å². The molecule has 2 aromatic carbocycles. The SMILES string of the molecule is CCCCCCCC(=O)N/N=C/c1cccc2ccccc12. The van der Waals surface area contributed by atoms with Gasteiger partial charge in [-0.05, 0) is 17.2 Å². The number of nitrogens with one attached hydrogen (secondary N) is 1. The van der Waals surface area contributed by atoms with Crippen LogP contribution in [0.1, 0.15) is 51.0 Å². The Labute approximate surface area is 132 Å². The molecule has 0 spiro atoms. The van der Waals surface area contributed by atoms with Crippen LogP contribution in [0.25, 0.3) is 10.8 Å². The molecule has 0 saturated heterocycles. The fourth-order valence-electron chi connectivity index (χ4n) is 2.48. The molecular formula is C19H24N2O. The number of hydrogen-bond acceptors (Lipinski definition) is 2. The molecule has 0 bridgehead atoms. The first kappa shape index (κ1) is 16.2. The van der Waals surface area contributed by atoms with Crippen molar-refractivity contribution in [1.82, 2.24) is 5.43 Å². The van der Waals surface area contributed by atoms with Crippen molar-refractivity contribution in [2.75, 3.05) is 0 Å². The minimum Gasteiger partial charge on any atom is -0.273 e. The van der Waals surface area contributed by atoms with E-state index >= 15 is 0 Å². The van der Waals surface area contributed by atoms with Gasteiger partial charge in [-0.15, -0.1) is 0 Å². The lowest BCUT2D eigenvalue weighted by molar-refractivity contribution is -0.121. The standard InChI is InChI=1S/C19H24N2O/c1-2-3-4-5-6-14-19(22)21-20-15-17-12-9-11-16-10-7-8-13-18(16)17/h7-13,15H,2-6,14H2,1H3,(H,21,22)/b20-15+. The molecule has 2 rings (SSSR count). The summed E-state index contributed by atoms with van der Waals surface area (Å²) in [5.41, 5.74) is 3.63. The van der Waals surface area contributed by atoms with Crippen molar-refractivity contribution < 1.29 is 4.79 Å². The Hall–Kier alpha value is -2.16. The second kappa shape index (κ2) is 8.98. The Morgan fingerprint density at radius 1 is 1.05 bits per heavy atom. The molecule has 0 aliphatic carbocycles. The van der Waals surface area contributed by atoms with Gasteiger partial charge in [-0.3, -0.25) is 4.79 Å². The van der Waals surface area contributed by atoms with Gasteiger partial charge < -0.3 is 0 Å². The molecule has 1 N–H and O–H groups in total. The van der Waals surface area contributed by atoms with Crippen LogP contribution in [0.2, 0.25) is 0 Å². The van der Waals surface area contributed by atoms with Crippen LogP contribution in [-0.4, -0.2) is 12.1 Å². The minimum absolute atomic E-state index is 0.00650. The molecule has 0 fully saturated rings. The fraction of sp³-hybridized carbons (Fsp3) is 0.368. The average molecular weight is 296 g/mol. The van der Waals surface area contributed by atoms with E-state index in [2.05, 4.69) is 35.7 Å². The van der Waals surface area contributed by atoms with E-state index in [4.69, 9.17) is 0 Å². The summed E-state index contributed by atoms with van der Waals surface area (Å²) in [5, 5.41) is 6.40. The summed E-state index contributed by atoms with van der Waals surface area (Å²) in [7, 11) is 0. The zero-order valence-corrected chi connectivity index (χ0v) is 13.2. The largest absolute Gasteiger partial charge is 0.273 e. The summed E-state index contributed by atoms with van der Waals surface area (Å²) < 4.78 is 0. The van der Waals surface area contributed by atoms with Gasteiger partial charge >= 0.3 is 0 Å². The predicted octanol–water partition coefficient (Wildman–Crippen LogP) is 4.65. The quantitative estimate of drug-likeness (QED) is 0.430. The maximum atomic E-state index is 11.7. The number of hydrazone groups is 1. The summed E-state index contributed by atoms with van der Waals surface area (Å²) in [6, 6.07) is 14.2.